The van der Waals surface area contributed by atoms with E-state index in [9.17, 15) is 17.4 Å². The summed E-state index contributed by atoms with van der Waals surface area (Å²) in [7, 11) is -1.60. The molecule has 148 valence electrons. The maximum Gasteiger partial charge on any atom is 0.573 e. The molecule has 4 rings (SSSR count). The zero-order valence-electron chi connectivity index (χ0n) is 14.5. The van der Waals surface area contributed by atoms with Crippen LogP contribution in [-0.4, -0.2) is 10.6 Å². The van der Waals surface area contributed by atoms with Gasteiger partial charge in [-0.3, -0.25) is 0 Å². The molecule has 1 atom stereocenters. The van der Waals surface area contributed by atoms with Crippen LogP contribution >= 0.6 is 37.4 Å². The molecule has 0 saturated carbocycles. The van der Waals surface area contributed by atoms with Gasteiger partial charge in [-0.2, -0.15) is 0 Å². The van der Waals surface area contributed by atoms with E-state index in [4.69, 9.17) is 0 Å². The van der Waals surface area contributed by atoms with Crippen molar-refractivity contribution >= 4 is 68.2 Å². The molecular formula is C21H11BrF3IO2S. The topological polar surface area (TPSA) is 26.3 Å². The van der Waals surface area contributed by atoms with E-state index >= 15 is 0 Å². The molecule has 4 aromatic rings. The minimum Gasteiger partial charge on any atom is -0.405 e. The van der Waals surface area contributed by atoms with Crippen molar-refractivity contribution in [1.82, 2.24) is 0 Å². The average molecular weight is 591 g/mol. The van der Waals surface area contributed by atoms with Crippen molar-refractivity contribution in [3.8, 4) is 16.9 Å². The van der Waals surface area contributed by atoms with E-state index in [1.165, 1.54) is 6.07 Å². The molecule has 0 amide bonds. The van der Waals surface area contributed by atoms with Gasteiger partial charge in [0.15, 0.2) is 0 Å². The minimum absolute atomic E-state index is 0.260. The minimum atomic E-state index is -4.86. The Hall–Kier alpha value is -1.65. The van der Waals surface area contributed by atoms with Crippen molar-refractivity contribution in [3.05, 3.63) is 70.3 Å². The highest BCUT2D eigenvalue weighted by Crippen LogP contribution is 2.45. The first-order valence-electron chi connectivity index (χ1n) is 8.33. The molecule has 0 saturated heterocycles. The Bertz CT molecular complexity index is 1270. The van der Waals surface area contributed by atoms with Crippen molar-refractivity contribution in [1.29, 1.82) is 0 Å². The molecule has 29 heavy (non-hydrogen) atoms. The lowest BCUT2D eigenvalue weighted by Gasteiger charge is -2.19. The number of ether oxygens (including phenoxy) is 1. The summed E-state index contributed by atoms with van der Waals surface area (Å²) in [6.45, 7) is 0. The second kappa shape index (κ2) is 7.88. The molecule has 0 aliphatic carbocycles. The fourth-order valence-electron chi connectivity index (χ4n) is 3.39. The van der Waals surface area contributed by atoms with E-state index in [2.05, 4.69) is 42.1 Å². The second-order valence-electron chi connectivity index (χ2n) is 6.24. The van der Waals surface area contributed by atoms with Crippen LogP contribution < -0.4 is 4.74 Å². The summed E-state index contributed by atoms with van der Waals surface area (Å²) >= 11 is 5.24. The highest BCUT2D eigenvalue weighted by atomic mass is 127. The number of hydrogen-bond donors (Lipinski definition) is 0. The lowest BCUT2D eigenvalue weighted by atomic mass is 9.93. The largest absolute Gasteiger partial charge is 0.573 e. The Morgan fingerprint density at radius 2 is 1.55 bits per heavy atom. The van der Waals surface area contributed by atoms with Gasteiger partial charge in [-0.1, -0.05) is 42.5 Å². The molecule has 0 aliphatic rings. The summed E-state index contributed by atoms with van der Waals surface area (Å²) in [5.74, 6) is -0.332. The van der Waals surface area contributed by atoms with Gasteiger partial charge in [0, 0.05) is 29.5 Å². The summed E-state index contributed by atoms with van der Waals surface area (Å²) in [6, 6.07) is 19.1. The van der Waals surface area contributed by atoms with Crippen molar-refractivity contribution in [2.75, 3.05) is 0 Å². The number of hydrogen-bond acceptors (Lipinski definition) is 2. The molecule has 1 unspecified atom stereocenters. The maximum atomic E-state index is 13.2. The summed E-state index contributed by atoms with van der Waals surface area (Å²) in [6.07, 6.45) is -4.86. The lowest BCUT2D eigenvalue weighted by molar-refractivity contribution is -0.274. The standard InChI is InChI=1S/C21H11BrF3IO2S/c22-29(27)18-10-6-12-3-1-2-4-15(12)20(18)19-16-8-7-14(26)11-13(16)5-9-17(19)28-21(23,24)25/h1-11H. The smallest absolute Gasteiger partial charge is 0.405 e. The van der Waals surface area contributed by atoms with Gasteiger partial charge in [-0.05, 0) is 68.4 Å². The third-order valence-corrected chi connectivity index (χ3v) is 6.89. The molecular weight excluding hydrogens is 580 g/mol. The van der Waals surface area contributed by atoms with Crippen LogP contribution in [0.5, 0.6) is 5.75 Å². The van der Waals surface area contributed by atoms with Crippen LogP contribution in [0.1, 0.15) is 0 Å². The van der Waals surface area contributed by atoms with E-state index in [0.717, 1.165) is 14.3 Å². The van der Waals surface area contributed by atoms with Gasteiger partial charge in [0.1, 0.15) is 15.0 Å². The summed E-state index contributed by atoms with van der Waals surface area (Å²) < 4.78 is 57.3. The quantitative estimate of drug-likeness (QED) is 0.182. The summed E-state index contributed by atoms with van der Waals surface area (Å²) in [4.78, 5) is 0.377. The van der Waals surface area contributed by atoms with Gasteiger partial charge in [0.05, 0.1) is 4.90 Å². The van der Waals surface area contributed by atoms with Crippen LogP contribution in [0.3, 0.4) is 0 Å². The van der Waals surface area contributed by atoms with Crippen molar-refractivity contribution in [2.24, 2.45) is 0 Å². The Morgan fingerprint density at radius 1 is 0.862 bits per heavy atom. The molecule has 0 aliphatic heterocycles. The highest BCUT2D eigenvalue weighted by Gasteiger charge is 2.33. The summed E-state index contributed by atoms with van der Waals surface area (Å²) in [5.41, 5.74) is 0.709. The third-order valence-electron chi connectivity index (χ3n) is 4.48. The Labute approximate surface area is 187 Å². The van der Waals surface area contributed by atoms with Gasteiger partial charge in [-0.25, -0.2) is 4.21 Å². The van der Waals surface area contributed by atoms with Crippen molar-refractivity contribution < 1.29 is 22.1 Å². The molecule has 0 spiro atoms. The maximum absolute atomic E-state index is 13.2. The van der Waals surface area contributed by atoms with Gasteiger partial charge in [-0.15, -0.1) is 13.2 Å². The molecule has 0 bridgehead atoms. The monoisotopic (exact) mass is 590 g/mol. The van der Waals surface area contributed by atoms with E-state index in [-0.39, 0.29) is 11.3 Å². The molecule has 0 fully saturated rings. The van der Waals surface area contributed by atoms with Crippen LogP contribution in [0.15, 0.2) is 71.6 Å². The molecule has 4 aromatic carbocycles. The number of rotatable bonds is 3. The van der Waals surface area contributed by atoms with Crippen molar-refractivity contribution in [2.45, 2.75) is 11.3 Å². The first-order valence-corrected chi connectivity index (χ1v) is 12.4. The van der Waals surface area contributed by atoms with Gasteiger partial charge in [0.25, 0.3) is 0 Å². The van der Waals surface area contributed by atoms with Crippen LogP contribution in [0.4, 0.5) is 13.2 Å². The Morgan fingerprint density at radius 3 is 2.28 bits per heavy atom. The first kappa shape index (κ1) is 20.6. The van der Waals surface area contributed by atoms with Crippen LogP contribution in [0.25, 0.3) is 32.7 Å². The summed E-state index contributed by atoms with van der Waals surface area (Å²) in [5, 5.41) is 2.86. The fourth-order valence-corrected chi connectivity index (χ4v) is 5.26. The Kier molecular flexibility index (Phi) is 5.60. The Balaban J connectivity index is 2.19. The van der Waals surface area contributed by atoms with Crippen LogP contribution in [0, 0.1) is 3.57 Å². The van der Waals surface area contributed by atoms with E-state index in [1.807, 2.05) is 24.3 Å². The van der Waals surface area contributed by atoms with Crippen LogP contribution in [-0.2, 0) is 9.23 Å². The zero-order valence-corrected chi connectivity index (χ0v) is 19.0. The molecule has 2 nitrogen and oxygen atoms in total. The zero-order chi connectivity index (χ0) is 20.8. The molecule has 0 radical (unpaired) electrons. The fraction of sp³-hybridized carbons (Fsp3) is 0.0476. The van der Waals surface area contributed by atoms with E-state index in [1.54, 1.807) is 36.4 Å². The van der Waals surface area contributed by atoms with E-state index in [0.29, 0.717) is 21.2 Å². The van der Waals surface area contributed by atoms with Gasteiger partial charge < -0.3 is 4.74 Å². The van der Waals surface area contributed by atoms with E-state index < -0.39 is 15.6 Å². The van der Waals surface area contributed by atoms with Crippen LogP contribution in [0.2, 0.25) is 0 Å². The number of alkyl halides is 3. The highest BCUT2D eigenvalue weighted by molar-refractivity contribution is 14.1. The first-order chi connectivity index (χ1) is 13.7. The molecule has 0 aromatic heterocycles. The van der Waals surface area contributed by atoms with Gasteiger partial charge in [0.2, 0.25) is 0 Å². The molecule has 8 heteroatoms. The SMILES string of the molecule is O=S(Br)c1ccc2ccccc2c1-c1c(OC(F)(F)F)ccc2cc(I)ccc12. The average Bonchev–Trinajstić information content (AvgIpc) is 2.66. The number of halogens is 5. The number of benzene rings is 4. The third kappa shape index (κ3) is 4.15. The normalized spacial score (nSPS) is 13.0. The number of fused-ring (bicyclic) bond motifs is 2. The predicted octanol–water partition coefficient (Wildman–Crippen LogP) is 7.58. The predicted molar refractivity (Wildman–Crippen MR) is 122 cm³/mol. The lowest BCUT2D eigenvalue weighted by Crippen LogP contribution is -2.17. The molecule has 0 heterocycles. The van der Waals surface area contributed by atoms with Crippen molar-refractivity contribution in [3.63, 3.8) is 0 Å². The second-order valence-corrected chi connectivity index (χ2v) is 10.1. The van der Waals surface area contributed by atoms with Gasteiger partial charge >= 0.3 is 6.36 Å². The molecule has 0 N–H and O–H groups in total.